The average molecular weight is 196 g/mol. The number of nitrogens with two attached hydrogens (primary N) is 1. The van der Waals surface area contributed by atoms with Gasteiger partial charge in [-0.2, -0.15) is 5.10 Å². The summed E-state index contributed by atoms with van der Waals surface area (Å²) in [5.74, 6) is 2.35. The molecule has 0 bridgehead atoms. The minimum Gasteiger partial charge on any atom is -0.330 e. The summed E-state index contributed by atoms with van der Waals surface area (Å²) in [6.45, 7) is 7.91. The zero-order valence-electron chi connectivity index (χ0n) is 9.32. The lowest BCUT2D eigenvalue weighted by Gasteiger charge is -2.01. The number of hydrogen-bond donors (Lipinski definition) is 1. The molecule has 0 spiro atoms. The summed E-state index contributed by atoms with van der Waals surface area (Å²) >= 11 is 0. The maximum atomic E-state index is 5.44. The topological polar surface area (TPSA) is 56.7 Å². The van der Waals surface area contributed by atoms with Crippen LogP contribution in [0.3, 0.4) is 0 Å². The SMILES string of the molecule is Cc1nc(C(C)C)nn1CCCCN. The van der Waals surface area contributed by atoms with Crippen LogP contribution in [0.4, 0.5) is 0 Å². The Morgan fingerprint density at radius 2 is 2.07 bits per heavy atom. The zero-order chi connectivity index (χ0) is 10.6. The maximum Gasteiger partial charge on any atom is 0.153 e. The summed E-state index contributed by atoms with van der Waals surface area (Å²) in [7, 11) is 0. The fourth-order valence-corrected chi connectivity index (χ4v) is 1.30. The number of rotatable bonds is 5. The number of aromatic nitrogens is 3. The number of nitrogens with zero attached hydrogens (tertiary/aromatic N) is 3. The highest BCUT2D eigenvalue weighted by Crippen LogP contribution is 2.09. The highest BCUT2D eigenvalue weighted by atomic mass is 15.3. The van der Waals surface area contributed by atoms with Crippen molar-refractivity contribution in [3.63, 3.8) is 0 Å². The molecule has 0 aliphatic rings. The summed E-state index contributed by atoms with van der Waals surface area (Å²) in [5, 5.41) is 4.45. The Morgan fingerprint density at radius 3 is 2.57 bits per heavy atom. The summed E-state index contributed by atoms with van der Waals surface area (Å²) < 4.78 is 1.98. The Morgan fingerprint density at radius 1 is 1.36 bits per heavy atom. The Hall–Kier alpha value is -0.900. The van der Waals surface area contributed by atoms with Gasteiger partial charge in [-0.05, 0) is 26.3 Å². The molecule has 0 aliphatic heterocycles. The van der Waals surface area contributed by atoms with Gasteiger partial charge in [-0.1, -0.05) is 13.8 Å². The van der Waals surface area contributed by atoms with E-state index in [0.29, 0.717) is 5.92 Å². The predicted molar refractivity (Wildman–Crippen MR) is 57.1 cm³/mol. The van der Waals surface area contributed by atoms with Gasteiger partial charge in [-0.25, -0.2) is 4.98 Å². The summed E-state index contributed by atoms with van der Waals surface area (Å²) in [5.41, 5.74) is 5.44. The van der Waals surface area contributed by atoms with Gasteiger partial charge in [-0.3, -0.25) is 4.68 Å². The fraction of sp³-hybridized carbons (Fsp3) is 0.800. The third-order valence-corrected chi connectivity index (χ3v) is 2.21. The lowest BCUT2D eigenvalue weighted by Crippen LogP contribution is -2.06. The first kappa shape index (κ1) is 11.2. The second-order valence-corrected chi connectivity index (χ2v) is 3.89. The van der Waals surface area contributed by atoms with Crippen LogP contribution in [0.25, 0.3) is 0 Å². The van der Waals surface area contributed by atoms with Crippen LogP contribution in [-0.4, -0.2) is 21.3 Å². The van der Waals surface area contributed by atoms with E-state index in [1.165, 1.54) is 0 Å². The molecule has 0 saturated carbocycles. The van der Waals surface area contributed by atoms with Crippen LogP contribution in [0.5, 0.6) is 0 Å². The van der Waals surface area contributed by atoms with Crippen LogP contribution in [0, 0.1) is 6.92 Å². The molecule has 1 heterocycles. The largest absolute Gasteiger partial charge is 0.330 e. The van der Waals surface area contributed by atoms with Crippen LogP contribution in [0.1, 0.15) is 44.3 Å². The van der Waals surface area contributed by atoms with Gasteiger partial charge in [0, 0.05) is 12.5 Å². The molecule has 0 aromatic carbocycles. The summed E-state index contributed by atoms with van der Waals surface area (Å²) in [6, 6.07) is 0. The quantitative estimate of drug-likeness (QED) is 0.725. The molecule has 80 valence electrons. The van der Waals surface area contributed by atoms with Crippen LogP contribution < -0.4 is 5.73 Å². The van der Waals surface area contributed by atoms with Crippen LogP contribution in [0.15, 0.2) is 0 Å². The van der Waals surface area contributed by atoms with Crippen molar-refractivity contribution in [2.75, 3.05) is 6.54 Å². The molecule has 2 N–H and O–H groups in total. The van der Waals surface area contributed by atoms with Gasteiger partial charge < -0.3 is 5.73 Å². The molecule has 1 rings (SSSR count). The lowest BCUT2D eigenvalue weighted by molar-refractivity contribution is 0.540. The van der Waals surface area contributed by atoms with Crippen molar-refractivity contribution < 1.29 is 0 Å². The van der Waals surface area contributed by atoms with Gasteiger partial charge in [-0.15, -0.1) is 0 Å². The highest BCUT2D eigenvalue weighted by molar-refractivity contribution is 4.95. The van der Waals surface area contributed by atoms with Gasteiger partial charge in [0.15, 0.2) is 5.82 Å². The first-order valence-electron chi connectivity index (χ1n) is 5.26. The minimum absolute atomic E-state index is 0.407. The zero-order valence-corrected chi connectivity index (χ0v) is 9.32. The molecule has 4 nitrogen and oxygen atoms in total. The van der Waals surface area contributed by atoms with E-state index < -0.39 is 0 Å². The summed E-state index contributed by atoms with van der Waals surface area (Å²) in [6.07, 6.45) is 2.13. The van der Waals surface area contributed by atoms with E-state index in [1.54, 1.807) is 0 Å². The highest BCUT2D eigenvalue weighted by Gasteiger charge is 2.08. The van der Waals surface area contributed by atoms with E-state index in [-0.39, 0.29) is 0 Å². The van der Waals surface area contributed by atoms with Gasteiger partial charge in [0.25, 0.3) is 0 Å². The molecular formula is C10H20N4. The predicted octanol–water partition coefficient (Wildman–Crippen LogP) is 1.45. The van der Waals surface area contributed by atoms with Crippen LogP contribution in [0.2, 0.25) is 0 Å². The van der Waals surface area contributed by atoms with E-state index in [1.807, 2.05) is 11.6 Å². The van der Waals surface area contributed by atoms with Gasteiger partial charge in [0.05, 0.1) is 0 Å². The Labute approximate surface area is 85.5 Å². The molecule has 0 fully saturated rings. The van der Waals surface area contributed by atoms with Crippen molar-refractivity contribution in [2.24, 2.45) is 5.73 Å². The van der Waals surface area contributed by atoms with E-state index in [4.69, 9.17) is 5.73 Å². The standard InChI is InChI=1S/C10H20N4/c1-8(2)10-12-9(3)14(13-10)7-5-4-6-11/h8H,4-7,11H2,1-3H3. The number of unbranched alkanes of at least 4 members (excludes halogenated alkanes) is 1. The average Bonchev–Trinajstić information content (AvgIpc) is 2.49. The third-order valence-electron chi connectivity index (χ3n) is 2.21. The van der Waals surface area contributed by atoms with E-state index >= 15 is 0 Å². The van der Waals surface area contributed by atoms with Gasteiger partial charge in [0.1, 0.15) is 5.82 Å². The van der Waals surface area contributed by atoms with E-state index in [2.05, 4.69) is 23.9 Å². The molecule has 0 aliphatic carbocycles. The minimum atomic E-state index is 0.407. The molecule has 14 heavy (non-hydrogen) atoms. The summed E-state index contributed by atoms with van der Waals surface area (Å²) in [4.78, 5) is 4.41. The van der Waals surface area contributed by atoms with Crippen molar-refractivity contribution in [1.29, 1.82) is 0 Å². The smallest absolute Gasteiger partial charge is 0.153 e. The Kier molecular flexibility index (Phi) is 4.07. The number of aryl methyl sites for hydroxylation is 2. The van der Waals surface area contributed by atoms with Crippen LogP contribution in [-0.2, 0) is 6.54 Å². The maximum absolute atomic E-state index is 5.44. The van der Waals surface area contributed by atoms with Crippen molar-refractivity contribution in [3.8, 4) is 0 Å². The molecule has 4 heteroatoms. The second kappa shape index (κ2) is 5.10. The van der Waals surface area contributed by atoms with Crippen molar-refractivity contribution >= 4 is 0 Å². The van der Waals surface area contributed by atoms with E-state index in [9.17, 15) is 0 Å². The number of hydrogen-bond acceptors (Lipinski definition) is 3. The first-order chi connectivity index (χ1) is 6.65. The van der Waals surface area contributed by atoms with Crippen molar-refractivity contribution in [3.05, 3.63) is 11.6 Å². The molecule has 0 radical (unpaired) electrons. The molecule has 0 atom stereocenters. The molecule has 1 aromatic rings. The molecule has 1 aromatic heterocycles. The lowest BCUT2D eigenvalue weighted by atomic mass is 10.2. The first-order valence-corrected chi connectivity index (χ1v) is 5.26. The van der Waals surface area contributed by atoms with Crippen LogP contribution >= 0.6 is 0 Å². The van der Waals surface area contributed by atoms with E-state index in [0.717, 1.165) is 37.6 Å². The molecule has 0 amide bonds. The molecule has 0 saturated heterocycles. The molecular weight excluding hydrogens is 176 g/mol. The van der Waals surface area contributed by atoms with Crippen molar-refractivity contribution in [1.82, 2.24) is 14.8 Å². The van der Waals surface area contributed by atoms with Crippen molar-refractivity contribution in [2.45, 2.75) is 46.1 Å². The monoisotopic (exact) mass is 196 g/mol. The second-order valence-electron chi connectivity index (χ2n) is 3.89. The fourth-order valence-electron chi connectivity index (χ4n) is 1.30. The normalized spacial score (nSPS) is 11.2. The van der Waals surface area contributed by atoms with Gasteiger partial charge in [0.2, 0.25) is 0 Å². The Bertz CT molecular complexity index is 278. The third kappa shape index (κ3) is 2.80. The Balaban J connectivity index is 2.58. The van der Waals surface area contributed by atoms with Gasteiger partial charge >= 0.3 is 0 Å². The molecule has 0 unspecified atom stereocenters.